The van der Waals surface area contributed by atoms with Crippen molar-refractivity contribution < 1.29 is 9.18 Å². The summed E-state index contributed by atoms with van der Waals surface area (Å²) in [5.74, 6) is -0.739. The lowest BCUT2D eigenvalue weighted by Gasteiger charge is -2.33. The Morgan fingerprint density at radius 2 is 1.69 bits per heavy atom. The Morgan fingerprint density at radius 3 is 2.15 bits per heavy atom. The van der Waals surface area contributed by atoms with E-state index in [1.807, 2.05) is 42.5 Å². The first kappa shape index (κ1) is 17.6. The van der Waals surface area contributed by atoms with Gasteiger partial charge in [-0.3, -0.25) is 4.79 Å². The zero-order valence-electron chi connectivity index (χ0n) is 14.0. The van der Waals surface area contributed by atoms with Gasteiger partial charge in [-0.25, -0.2) is 4.39 Å². The van der Waals surface area contributed by atoms with E-state index in [2.05, 4.69) is 16.7 Å². The van der Waals surface area contributed by atoms with Crippen molar-refractivity contribution in [2.45, 2.75) is 18.1 Å². The van der Waals surface area contributed by atoms with E-state index in [0.29, 0.717) is 12.0 Å². The van der Waals surface area contributed by atoms with E-state index in [0.717, 1.165) is 16.7 Å². The van der Waals surface area contributed by atoms with E-state index >= 15 is 0 Å². The van der Waals surface area contributed by atoms with Gasteiger partial charge in [0.05, 0.1) is 17.7 Å². The molecule has 2 N–H and O–H groups in total. The number of hydrogen-bond donors (Lipinski definition) is 2. The Hall–Kier alpha value is -3.22. The molecule has 1 amide bonds. The van der Waals surface area contributed by atoms with Crippen molar-refractivity contribution in [3.05, 3.63) is 59.7 Å². The zero-order valence-corrected chi connectivity index (χ0v) is 14.0. The topological polar surface area (TPSA) is 88.7 Å². The maximum absolute atomic E-state index is 14.0. The van der Waals surface area contributed by atoms with Gasteiger partial charge in [0.25, 0.3) is 5.91 Å². The van der Waals surface area contributed by atoms with Gasteiger partial charge < -0.3 is 10.6 Å². The van der Waals surface area contributed by atoms with Gasteiger partial charge in [-0.15, -0.1) is 0 Å². The van der Waals surface area contributed by atoms with Crippen LogP contribution in [0.3, 0.4) is 0 Å². The van der Waals surface area contributed by atoms with Crippen LogP contribution >= 0.6 is 0 Å². The fourth-order valence-electron chi connectivity index (χ4n) is 2.73. The summed E-state index contributed by atoms with van der Waals surface area (Å²) in [7, 11) is 0. The summed E-state index contributed by atoms with van der Waals surface area (Å²) in [6.07, 6.45) is 0.305. The Balaban J connectivity index is 1.65. The highest BCUT2D eigenvalue weighted by Gasteiger charge is 2.45. The molecule has 2 aromatic carbocycles. The van der Waals surface area contributed by atoms with Gasteiger partial charge in [0, 0.05) is 19.5 Å². The predicted molar refractivity (Wildman–Crippen MR) is 94.5 cm³/mol. The molecule has 0 bridgehead atoms. The molecular formula is C20H17FN4O. The van der Waals surface area contributed by atoms with Crippen molar-refractivity contribution in [1.29, 1.82) is 10.5 Å². The minimum atomic E-state index is -1.91. The molecule has 0 aliphatic carbocycles. The van der Waals surface area contributed by atoms with Crippen LogP contribution in [0.25, 0.3) is 11.1 Å². The van der Waals surface area contributed by atoms with Crippen LogP contribution in [-0.4, -0.2) is 30.7 Å². The summed E-state index contributed by atoms with van der Waals surface area (Å²) >= 11 is 0. The third kappa shape index (κ3) is 3.72. The molecule has 1 atom stereocenters. The van der Waals surface area contributed by atoms with Gasteiger partial charge in [-0.2, -0.15) is 10.5 Å². The summed E-state index contributed by atoms with van der Waals surface area (Å²) < 4.78 is 14.0. The minimum Gasteiger partial charge on any atom is -0.337 e. The Bertz CT molecular complexity index is 874. The van der Waals surface area contributed by atoms with E-state index in [4.69, 9.17) is 5.26 Å². The van der Waals surface area contributed by atoms with Crippen LogP contribution in [0.5, 0.6) is 0 Å². The van der Waals surface area contributed by atoms with Gasteiger partial charge in [-0.1, -0.05) is 36.4 Å². The Labute approximate surface area is 151 Å². The van der Waals surface area contributed by atoms with Gasteiger partial charge >= 0.3 is 0 Å². The average Bonchev–Trinajstić information content (AvgIpc) is 2.66. The first-order chi connectivity index (χ1) is 12.5. The summed E-state index contributed by atoms with van der Waals surface area (Å²) in [5, 5.41) is 23.3. The van der Waals surface area contributed by atoms with Crippen molar-refractivity contribution in [3.8, 4) is 23.3 Å². The zero-order chi connectivity index (χ0) is 18.6. The van der Waals surface area contributed by atoms with Gasteiger partial charge in [0.15, 0.2) is 0 Å². The second kappa shape index (κ2) is 7.35. The molecule has 1 aliphatic rings. The maximum atomic E-state index is 14.0. The average molecular weight is 348 g/mol. The van der Waals surface area contributed by atoms with E-state index in [-0.39, 0.29) is 13.1 Å². The molecule has 0 aromatic heterocycles. The SMILES string of the molecule is N#Cc1ccc(-c2ccc(C[C@@H](C#N)NC(=O)C3(F)CNC3)cc2)cc1. The smallest absolute Gasteiger partial charge is 0.261 e. The number of nitrogens with zero attached hydrogens (tertiary/aromatic N) is 2. The second-order valence-corrected chi connectivity index (χ2v) is 6.31. The molecule has 0 radical (unpaired) electrons. The number of halogens is 1. The van der Waals surface area contributed by atoms with E-state index in [1.54, 1.807) is 12.1 Å². The van der Waals surface area contributed by atoms with Crippen LogP contribution in [-0.2, 0) is 11.2 Å². The van der Waals surface area contributed by atoms with Crippen molar-refractivity contribution in [2.75, 3.05) is 13.1 Å². The quantitative estimate of drug-likeness (QED) is 0.866. The van der Waals surface area contributed by atoms with Gasteiger partial charge in [0.2, 0.25) is 5.67 Å². The number of hydrogen-bond acceptors (Lipinski definition) is 4. The fraction of sp³-hybridized carbons (Fsp3) is 0.250. The lowest BCUT2D eigenvalue weighted by atomic mass is 9.97. The van der Waals surface area contributed by atoms with Crippen molar-refractivity contribution in [2.24, 2.45) is 0 Å². The summed E-state index contributed by atoms with van der Waals surface area (Å²) in [6, 6.07) is 18.2. The first-order valence-corrected chi connectivity index (χ1v) is 8.24. The van der Waals surface area contributed by atoms with E-state index in [9.17, 15) is 14.4 Å². The number of nitrogens with one attached hydrogen (secondary N) is 2. The number of carbonyl (C=O) groups is 1. The molecule has 1 heterocycles. The fourth-order valence-corrected chi connectivity index (χ4v) is 2.73. The van der Waals surface area contributed by atoms with E-state index < -0.39 is 17.6 Å². The Morgan fingerprint density at radius 1 is 1.12 bits per heavy atom. The molecule has 26 heavy (non-hydrogen) atoms. The number of carbonyl (C=O) groups excluding carboxylic acids is 1. The first-order valence-electron chi connectivity index (χ1n) is 8.24. The molecule has 6 heteroatoms. The maximum Gasteiger partial charge on any atom is 0.261 e. The number of amides is 1. The molecule has 2 aromatic rings. The van der Waals surface area contributed by atoms with Gasteiger partial charge in [-0.05, 0) is 28.8 Å². The molecule has 0 unspecified atom stereocenters. The lowest BCUT2D eigenvalue weighted by molar-refractivity contribution is -0.136. The predicted octanol–water partition coefficient (Wildman–Crippen LogP) is 2.09. The highest BCUT2D eigenvalue weighted by Crippen LogP contribution is 2.21. The summed E-state index contributed by atoms with van der Waals surface area (Å²) in [5.41, 5.74) is 1.53. The molecule has 3 rings (SSSR count). The number of alkyl halides is 1. The third-order valence-corrected chi connectivity index (χ3v) is 4.42. The molecule has 0 spiro atoms. The molecule has 0 saturated carbocycles. The number of benzene rings is 2. The van der Waals surface area contributed by atoms with Crippen molar-refractivity contribution in [1.82, 2.24) is 10.6 Å². The minimum absolute atomic E-state index is 0.0176. The third-order valence-electron chi connectivity index (χ3n) is 4.42. The van der Waals surface area contributed by atoms with Crippen LogP contribution in [0.15, 0.2) is 48.5 Å². The molecule has 1 saturated heterocycles. The van der Waals surface area contributed by atoms with Crippen LogP contribution in [0.1, 0.15) is 11.1 Å². The normalized spacial score (nSPS) is 15.8. The molecule has 130 valence electrons. The Kier molecular flexibility index (Phi) is 4.97. The largest absolute Gasteiger partial charge is 0.337 e. The van der Waals surface area contributed by atoms with Crippen molar-refractivity contribution in [3.63, 3.8) is 0 Å². The standard InChI is InChI=1S/C20H17FN4O/c21-20(12-24-13-20)19(26)25-18(11-23)9-14-1-5-16(6-2-14)17-7-3-15(10-22)4-8-17/h1-8,18,24H,9,12-13H2,(H,25,26)/t18-/m0/s1. The van der Waals surface area contributed by atoms with Crippen LogP contribution in [0.4, 0.5) is 4.39 Å². The van der Waals surface area contributed by atoms with Crippen molar-refractivity contribution >= 4 is 5.91 Å². The lowest BCUT2D eigenvalue weighted by Crippen LogP contribution is -2.65. The monoisotopic (exact) mass is 348 g/mol. The highest BCUT2D eigenvalue weighted by atomic mass is 19.1. The highest BCUT2D eigenvalue weighted by molar-refractivity contribution is 5.87. The molecular weight excluding hydrogens is 331 g/mol. The van der Waals surface area contributed by atoms with Crippen LogP contribution in [0.2, 0.25) is 0 Å². The number of rotatable bonds is 5. The van der Waals surface area contributed by atoms with Crippen LogP contribution < -0.4 is 10.6 Å². The second-order valence-electron chi connectivity index (χ2n) is 6.31. The molecule has 5 nitrogen and oxygen atoms in total. The summed E-state index contributed by atoms with van der Waals surface area (Å²) in [4.78, 5) is 11.9. The van der Waals surface area contributed by atoms with Crippen LogP contribution in [0, 0.1) is 22.7 Å². The number of nitriles is 2. The molecule has 1 fully saturated rings. The van der Waals surface area contributed by atoms with Gasteiger partial charge in [0.1, 0.15) is 6.04 Å². The molecule has 1 aliphatic heterocycles. The van der Waals surface area contributed by atoms with E-state index in [1.165, 1.54) is 0 Å². The summed E-state index contributed by atoms with van der Waals surface area (Å²) in [6.45, 7) is -0.0352.